The monoisotopic (exact) mass is 532 g/mol. The van der Waals surface area contributed by atoms with Crippen LogP contribution in [0.1, 0.15) is 79.1 Å². The Morgan fingerprint density at radius 3 is 2.47 bits per heavy atom. The van der Waals surface area contributed by atoms with Gasteiger partial charge in [-0.3, -0.25) is 4.79 Å². The van der Waals surface area contributed by atoms with E-state index in [1.54, 1.807) is 0 Å². The van der Waals surface area contributed by atoms with E-state index in [2.05, 4.69) is 20.4 Å². The quantitative estimate of drug-likeness (QED) is 0.367. The minimum Gasteiger partial charge on any atom is -0.393 e. The number of hydrogen-bond donors (Lipinski definition) is 3. The van der Waals surface area contributed by atoms with E-state index in [4.69, 9.17) is 18.9 Å². The molecule has 0 aromatic carbocycles. The van der Waals surface area contributed by atoms with Crippen LogP contribution in [-0.2, 0) is 23.7 Å². The van der Waals surface area contributed by atoms with Crippen molar-refractivity contribution in [3.63, 3.8) is 0 Å². The van der Waals surface area contributed by atoms with Gasteiger partial charge in [-0.1, -0.05) is 59.5 Å². The second-order valence-corrected chi connectivity index (χ2v) is 14.0. The maximum absolute atomic E-state index is 14.2. The standard InChI is InChI=1S/C30H44O8/c1-15(2)26-13-17(4)30-20-23(26)36-28(37-26,38-30)12-10-8-6-7-9-11-16(3)19-18(5)22(32)29(34,21(19)30)25(33)27(14-31)24(20)35-27/h16-21,23-25,31,33-34H,1,6-14H2,2-5H3/t16-,17-,18+,19+,20-,21-,23-,24+,25+,26-,27+,28-,29-,30-/m1/s1. The van der Waals surface area contributed by atoms with Crippen molar-refractivity contribution in [2.24, 2.45) is 35.5 Å². The van der Waals surface area contributed by atoms with Gasteiger partial charge in [0.1, 0.15) is 29.5 Å². The van der Waals surface area contributed by atoms with Gasteiger partial charge in [-0.25, -0.2) is 0 Å². The molecule has 7 rings (SSSR count). The number of ether oxygens (including phenoxy) is 4. The lowest BCUT2D eigenvalue weighted by Gasteiger charge is -2.61. The summed E-state index contributed by atoms with van der Waals surface area (Å²) in [7, 11) is 0. The molecule has 0 aromatic rings. The zero-order chi connectivity index (χ0) is 27.0. The highest BCUT2D eigenvalue weighted by Gasteiger charge is 2.89. The number of carbonyl (C=O) groups excluding carboxylic acids is 1. The number of fused-ring (bicyclic) bond motifs is 1. The van der Waals surface area contributed by atoms with Crippen molar-refractivity contribution in [3.05, 3.63) is 12.2 Å². The van der Waals surface area contributed by atoms with Gasteiger partial charge in [-0.2, -0.15) is 0 Å². The lowest BCUT2D eigenvalue weighted by atomic mass is 9.52. The number of ketones is 1. The van der Waals surface area contributed by atoms with Gasteiger partial charge in [0.05, 0.1) is 12.2 Å². The summed E-state index contributed by atoms with van der Waals surface area (Å²) in [5, 5.41) is 35.2. The first-order valence-electron chi connectivity index (χ1n) is 14.9. The van der Waals surface area contributed by atoms with Crippen LogP contribution >= 0.6 is 0 Å². The highest BCUT2D eigenvalue weighted by molar-refractivity contribution is 5.93. The molecular formula is C30H44O8. The second-order valence-electron chi connectivity index (χ2n) is 14.0. The largest absolute Gasteiger partial charge is 0.393 e. The summed E-state index contributed by atoms with van der Waals surface area (Å²) in [5.74, 6) is -3.48. The molecule has 3 saturated carbocycles. The van der Waals surface area contributed by atoms with Crippen molar-refractivity contribution < 1.29 is 39.1 Å². The van der Waals surface area contributed by atoms with Gasteiger partial charge in [-0.05, 0) is 43.1 Å². The lowest BCUT2D eigenvalue weighted by Crippen LogP contribution is -2.73. The minimum absolute atomic E-state index is 0.136. The summed E-state index contributed by atoms with van der Waals surface area (Å²) >= 11 is 0. The van der Waals surface area contributed by atoms with Crippen LogP contribution in [0.15, 0.2) is 12.2 Å². The van der Waals surface area contributed by atoms with E-state index in [1.807, 2.05) is 13.8 Å². The lowest BCUT2D eigenvalue weighted by molar-refractivity contribution is -0.436. The fraction of sp³-hybridized carbons (Fsp3) is 0.900. The Labute approximate surface area is 225 Å². The summed E-state index contributed by atoms with van der Waals surface area (Å²) in [5.41, 5.74) is -4.56. The van der Waals surface area contributed by atoms with E-state index < -0.39 is 71.0 Å². The smallest absolute Gasteiger partial charge is 0.284 e. The van der Waals surface area contributed by atoms with E-state index in [0.29, 0.717) is 12.8 Å². The van der Waals surface area contributed by atoms with Gasteiger partial charge in [0, 0.05) is 24.2 Å². The molecule has 0 radical (unpaired) electrons. The van der Waals surface area contributed by atoms with Crippen LogP contribution in [0, 0.1) is 35.5 Å². The Kier molecular flexibility index (Phi) is 5.42. The third-order valence-corrected chi connectivity index (χ3v) is 12.1. The third-order valence-electron chi connectivity index (χ3n) is 12.1. The topological polar surface area (TPSA) is 118 Å². The van der Waals surface area contributed by atoms with Crippen LogP contribution in [0.25, 0.3) is 0 Å². The molecule has 38 heavy (non-hydrogen) atoms. The molecule has 2 spiro atoms. The first kappa shape index (κ1) is 26.1. The first-order valence-corrected chi connectivity index (χ1v) is 14.9. The van der Waals surface area contributed by atoms with E-state index in [-0.39, 0.29) is 23.5 Å². The minimum atomic E-state index is -2.11. The van der Waals surface area contributed by atoms with Crippen LogP contribution in [0.4, 0.5) is 0 Å². The van der Waals surface area contributed by atoms with Crippen molar-refractivity contribution in [2.75, 3.05) is 6.61 Å². The molecular weight excluding hydrogens is 488 g/mol. The van der Waals surface area contributed by atoms with E-state index >= 15 is 0 Å². The van der Waals surface area contributed by atoms with Crippen LogP contribution in [-0.4, -0.2) is 74.4 Å². The first-order chi connectivity index (χ1) is 18.0. The van der Waals surface area contributed by atoms with E-state index in [0.717, 1.165) is 44.1 Å². The molecule has 0 unspecified atom stereocenters. The van der Waals surface area contributed by atoms with Crippen LogP contribution < -0.4 is 0 Å². The molecule has 4 heterocycles. The van der Waals surface area contributed by atoms with Gasteiger partial charge in [-0.15, -0.1) is 0 Å². The van der Waals surface area contributed by atoms with Crippen molar-refractivity contribution in [1.82, 2.24) is 0 Å². The van der Waals surface area contributed by atoms with Crippen molar-refractivity contribution in [3.8, 4) is 0 Å². The van der Waals surface area contributed by atoms with Gasteiger partial charge < -0.3 is 34.3 Å². The summed E-state index contributed by atoms with van der Waals surface area (Å²) in [6.07, 6.45) is 4.60. The number of aliphatic hydroxyl groups excluding tert-OH is 2. The van der Waals surface area contributed by atoms with Crippen molar-refractivity contribution in [1.29, 1.82) is 0 Å². The summed E-state index contributed by atoms with van der Waals surface area (Å²) in [4.78, 5) is 14.2. The molecule has 7 fully saturated rings. The molecule has 3 aliphatic carbocycles. The van der Waals surface area contributed by atoms with E-state index in [1.165, 1.54) is 0 Å². The summed E-state index contributed by atoms with van der Waals surface area (Å²) in [6.45, 7) is 12.0. The normalized spacial score (nSPS) is 60.8. The number of carbonyl (C=O) groups is 1. The number of aliphatic hydroxyl groups is 3. The number of hydrogen-bond acceptors (Lipinski definition) is 8. The average Bonchev–Trinajstić information content (AvgIpc) is 3.52. The Morgan fingerprint density at radius 2 is 1.76 bits per heavy atom. The van der Waals surface area contributed by atoms with Gasteiger partial charge in [0.25, 0.3) is 5.97 Å². The van der Waals surface area contributed by atoms with Crippen LogP contribution in [0.5, 0.6) is 0 Å². The predicted molar refractivity (Wildman–Crippen MR) is 136 cm³/mol. The van der Waals surface area contributed by atoms with Crippen molar-refractivity contribution in [2.45, 2.75) is 126 Å². The average molecular weight is 533 g/mol. The molecule has 0 aromatic heterocycles. The molecule has 0 amide bonds. The molecule has 3 bridgehead atoms. The fourth-order valence-electron chi connectivity index (χ4n) is 10.4. The molecule has 7 aliphatic rings. The summed E-state index contributed by atoms with van der Waals surface area (Å²) < 4.78 is 27.2. The SMILES string of the molecule is C=C(C)[C@]12C[C@@H](C)[C@]34O[C@@]5(CCCCCCC[C@@H](C)[C@H]6[C@H](C)C(=O)[C@](O)([C@@H]63)[C@@H](O)[C@@]3(CO)O[C@H]3[C@H]4[C@H]1O5)O2. The third kappa shape index (κ3) is 2.74. The molecule has 4 saturated heterocycles. The maximum Gasteiger partial charge on any atom is 0.284 e. The van der Waals surface area contributed by atoms with Gasteiger partial charge >= 0.3 is 0 Å². The van der Waals surface area contributed by atoms with Crippen molar-refractivity contribution >= 4 is 5.78 Å². The maximum atomic E-state index is 14.2. The number of Topliss-reactive ketones (excluding diaryl/α,β-unsaturated/α-hetero) is 1. The Morgan fingerprint density at radius 1 is 1.05 bits per heavy atom. The van der Waals surface area contributed by atoms with Gasteiger partial charge in [0.2, 0.25) is 0 Å². The molecule has 8 nitrogen and oxygen atoms in total. The highest BCUT2D eigenvalue weighted by Crippen LogP contribution is 2.74. The predicted octanol–water partition coefficient (Wildman–Crippen LogP) is 2.86. The molecule has 212 valence electrons. The second kappa shape index (κ2) is 7.90. The molecule has 4 aliphatic heterocycles. The van der Waals surface area contributed by atoms with Gasteiger partial charge in [0.15, 0.2) is 11.4 Å². The van der Waals surface area contributed by atoms with E-state index in [9.17, 15) is 20.1 Å². The highest BCUT2D eigenvalue weighted by atomic mass is 16.9. The van der Waals surface area contributed by atoms with Crippen LogP contribution in [0.3, 0.4) is 0 Å². The number of epoxide rings is 1. The number of rotatable bonds is 2. The Balaban J connectivity index is 1.51. The Hall–Kier alpha value is -0.870. The summed E-state index contributed by atoms with van der Waals surface area (Å²) in [6, 6.07) is 0. The van der Waals surface area contributed by atoms with Crippen LogP contribution in [0.2, 0.25) is 0 Å². The fourth-order valence-corrected chi connectivity index (χ4v) is 10.4. The zero-order valence-corrected chi connectivity index (χ0v) is 23.2. The molecule has 8 heteroatoms. The Bertz CT molecular complexity index is 1060. The zero-order valence-electron chi connectivity index (χ0n) is 23.2. The molecule has 14 atom stereocenters. The molecule has 3 N–H and O–H groups in total.